The average molecular weight is 419 g/mol. The standard InChI is InChI=1S/C22H24Cl2N2O2/c23-19-9-1-15(2-10-19)13-25-21(27)17-5-7-18(8-6-17)22(28)26-14-16-3-11-20(24)12-4-16/h1-4,9-12,17-18H,5-8,13-14H2,(H,25,27)(H,26,28). The summed E-state index contributed by atoms with van der Waals surface area (Å²) >= 11 is 11.7. The Balaban J connectivity index is 1.39. The van der Waals surface area contributed by atoms with Crippen LogP contribution in [0.2, 0.25) is 10.0 Å². The minimum absolute atomic E-state index is 0.0207. The molecule has 0 saturated heterocycles. The molecule has 1 aliphatic rings. The zero-order chi connectivity index (χ0) is 19.9. The normalized spacial score (nSPS) is 19.1. The van der Waals surface area contributed by atoms with Gasteiger partial charge in [-0.05, 0) is 61.1 Å². The molecule has 0 aliphatic heterocycles. The molecule has 148 valence electrons. The second kappa shape index (κ2) is 9.94. The van der Waals surface area contributed by atoms with Crippen molar-refractivity contribution in [2.24, 2.45) is 11.8 Å². The van der Waals surface area contributed by atoms with E-state index in [4.69, 9.17) is 23.2 Å². The summed E-state index contributed by atoms with van der Waals surface area (Å²) in [5.74, 6) is 0.0881. The first-order valence-corrected chi connectivity index (χ1v) is 10.3. The molecule has 3 rings (SSSR count). The average Bonchev–Trinajstić information content (AvgIpc) is 2.72. The van der Waals surface area contributed by atoms with Crippen LogP contribution in [0.25, 0.3) is 0 Å². The summed E-state index contributed by atoms with van der Waals surface area (Å²) in [5.41, 5.74) is 2.04. The SMILES string of the molecule is O=C(NCc1ccc(Cl)cc1)C1CCC(C(=O)NCc2ccc(Cl)cc2)CC1. The molecule has 2 aromatic carbocycles. The molecule has 1 aliphatic carbocycles. The van der Waals surface area contributed by atoms with E-state index in [1.165, 1.54) is 0 Å². The fourth-order valence-corrected chi connectivity index (χ4v) is 3.74. The van der Waals surface area contributed by atoms with E-state index in [2.05, 4.69) is 10.6 Å². The number of carbonyl (C=O) groups is 2. The summed E-state index contributed by atoms with van der Waals surface area (Å²) in [6.45, 7) is 0.995. The number of carbonyl (C=O) groups excluding carboxylic acids is 2. The van der Waals surface area contributed by atoms with Crippen LogP contribution in [0.15, 0.2) is 48.5 Å². The van der Waals surface area contributed by atoms with Crippen LogP contribution in [0.1, 0.15) is 36.8 Å². The lowest BCUT2D eigenvalue weighted by atomic mass is 9.81. The summed E-state index contributed by atoms with van der Waals surface area (Å²) in [6.07, 6.45) is 2.97. The molecular weight excluding hydrogens is 395 g/mol. The Hall–Kier alpha value is -2.04. The van der Waals surface area contributed by atoms with E-state index in [0.29, 0.717) is 23.1 Å². The lowest BCUT2D eigenvalue weighted by Crippen LogP contribution is -2.37. The summed E-state index contributed by atoms with van der Waals surface area (Å²) in [6, 6.07) is 14.9. The number of amides is 2. The van der Waals surface area contributed by atoms with Crippen molar-refractivity contribution in [3.05, 3.63) is 69.7 Å². The fourth-order valence-electron chi connectivity index (χ4n) is 3.49. The van der Waals surface area contributed by atoms with E-state index >= 15 is 0 Å². The monoisotopic (exact) mass is 418 g/mol. The van der Waals surface area contributed by atoms with Crippen LogP contribution in [0.3, 0.4) is 0 Å². The van der Waals surface area contributed by atoms with Gasteiger partial charge in [-0.1, -0.05) is 47.5 Å². The van der Waals surface area contributed by atoms with E-state index in [-0.39, 0.29) is 23.7 Å². The van der Waals surface area contributed by atoms with Gasteiger partial charge in [-0.3, -0.25) is 9.59 Å². The lowest BCUT2D eigenvalue weighted by Gasteiger charge is -2.27. The van der Waals surface area contributed by atoms with Crippen molar-refractivity contribution in [3.63, 3.8) is 0 Å². The van der Waals surface area contributed by atoms with Crippen LogP contribution in [0.4, 0.5) is 0 Å². The number of hydrogen-bond acceptors (Lipinski definition) is 2. The minimum Gasteiger partial charge on any atom is -0.352 e. The number of halogens is 2. The van der Waals surface area contributed by atoms with E-state index in [9.17, 15) is 9.59 Å². The highest BCUT2D eigenvalue weighted by Crippen LogP contribution is 2.29. The van der Waals surface area contributed by atoms with E-state index in [0.717, 1.165) is 36.8 Å². The predicted molar refractivity (Wildman–Crippen MR) is 112 cm³/mol. The van der Waals surface area contributed by atoms with Gasteiger partial charge in [-0.2, -0.15) is 0 Å². The molecule has 1 saturated carbocycles. The molecule has 1 fully saturated rings. The van der Waals surface area contributed by atoms with Crippen LogP contribution in [0.5, 0.6) is 0 Å². The zero-order valence-electron chi connectivity index (χ0n) is 15.6. The lowest BCUT2D eigenvalue weighted by molar-refractivity contribution is -0.130. The third-order valence-corrected chi connectivity index (χ3v) is 5.73. The molecule has 0 radical (unpaired) electrons. The van der Waals surface area contributed by atoms with Crippen molar-refractivity contribution in [3.8, 4) is 0 Å². The minimum atomic E-state index is -0.0207. The van der Waals surface area contributed by atoms with Gasteiger partial charge in [0.2, 0.25) is 11.8 Å². The first kappa shape index (κ1) is 20.7. The summed E-state index contributed by atoms with van der Waals surface area (Å²) in [7, 11) is 0. The van der Waals surface area contributed by atoms with Crippen LogP contribution < -0.4 is 10.6 Å². The van der Waals surface area contributed by atoms with Crippen molar-refractivity contribution in [1.29, 1.82) is 0 Å². The number of benzene rings is 2. The highest BCUT2D eigenvalue weighted by molar-refractivity contribution is 6.30. The molecule has 0 unspecified atom stereocenters. The van der Waals surface area contributed by atoms with Gasteiger partial charge in [0.25, 0.3) is 0 Å². The van der Waals surface area contributed by atoms with Gasteiger partial charge in [-0.25, -0.2) is 0 Å². The van der Waals surface area contributed by atoms with Crippen molar-refractivity contribution < 1.29 is 9.59 Å². The summed E-state index contributed by atoms with van der Waals surface area (Å²) in [4.78, 5) is 24.8. The predicted octanol–water partition coefficient (Wildman–Crippen LogP) is 4.73. The number of rotatable bonds is 6. The van der Waals surface area contributed by atoms with Crippen molar-refractivity contribution in [2.45, 2.75) is 38.8 Å². The molecule has 0 spiro atoms. The highest BCUT2D eigenvalue weighted by Gasteiger charge is 2.29. The maximum absolute atomic E-state index is 12.4. The molecule has 6 heteroatoms. The van der Waals surface area contributed by atoms with Crippen LogP contribution in [-0.2, 0) is 22.7 Å². The Bertz CT molecular complexity index is 729. The molecule has 4 nitrogen and oxygen atoms in total. The first-order valence-electron chi connectivity index (χ1n) is 9.55. The van der Waals surface area contributed by atoms with E-state index < -0.39 is 0 Å². The van der Waals surface area contributed by atoms with Gasteiger partial charge >= 0.3 is 0 Å². The molecule has 2 amide bonds. The van der Waals surface area contributed by atoms with Gasteiger partial charge in [0.15, 0.2) is 0 Å². The number of hydrogen-bond donors (Lipinski definition) is 2. The van der Waals surface area contributed by atoms with Crippen molar-refractivity contribution in [2.75, 3.05) is 0 Å². The molecular formula is C22H24Cl2N2O2. The van der Waals surface area contributed by atoms with Crippen molar-refractivity contribution >= 4 is 35.0 Å². The van der Waals surface area contributed by atoms with Gasteiger partial charge in [0, 0.05) is 35.0 Å². The van der Waals surface area contributed by atoms with Crippen LogP contribution in [0, 0.1) is 11.8 Å². The maximum Gasteiger partial charge on any atom is 0.223 e. The Morgan fingerprint density at radius 2 is 1.00 bits per heavy atom. The molecule has 0 aromatic heterocycles. The van der Waals surface area contributed by atoms with Crippen LogP contribution >= 0.6 is 23.2 Å². The molecule has 2 aromatic rings. The topological polar surface area (TPSA) is 58.2 Å². The third kappa shape index (κ3) is 5.98. The Kier molecular flexibility index (Phi) is 7.35. The Morgan fingerprint density at radius 1 is 0.679 bits per heavy atom. The third-order valence-electron chi connectivity index (χ3n) is 5.23. The van der Waals surface area contributed by atoms with Gasteiger partial charge < -0.3 is 10.6 Å². The summed E-state index contributed by atoms with van der Waals surface area (Å²) in [5, 5.41) is 7.35. The second-order valence-corrected chi connectivity index (χ2v) is 8.11. The second-order valence-electron chi connectivity index (χ2n) is 7.24. The largest absolute Gasteiger partial charge is 0.352 e. The Labute approximate surface area is 175 Å². The van der Waals surface area contributed by atoms with Gasteiger partial charge in [-0.15, -0.1) is 0 Å². The maximum atomic E-state index is 12.4. The van der Waals surface area contributed by atoms with Crippen molar-refractivity contribution in [1.82, 2.24) is 10.6 Å². The van der Waals surface area contributed by atoms with Gasteiger partial charge in [0.1, 0.15) is 0 Å². The fraction of sp³-hybridized carbons (Fsp3) is 0.364. The smallest absolute Gasteiger partial charge is 0.223 e. The molecule has 28 heavy (non-hydrogen) atoms. The first-order chi connectivity index (χ1) is 13.5. The Morgan fingerprint density at radius 3 is 1.32 bits per heavy atom. The molecule has 2 N–H and O–H groups in total. The number of nitrogens with one attached hydrogen (secondary N) is 2. The van der Waals surface area contributed by atoms with Gasteiger partial charge in [0.05, 0.1) is 0 Å². The molecule has 0 heterocycles. The zero-order valence-corrected chi connectivity index (χ0v) is 17.1. The quantitative estimate of drug-likeness (QED) is 0.711. The summed E-state index contributed by atoms with van der Waals surface area (Å²) < 4.78 is 0. The molecule has 0 bridgehead atoms. The van der Waals surface area contributed by atoms with E-state index in [1.807, 2.05) is 48.5 Å². The van der Waals surface area contributed by atoms with Crippen LogP contribution in [-0.4, -0.2) is 11.8 Å². The highest BCUT2D eigenvalue weighted by atomic mass is 35.5. The molecule has 0 atom stereocenters. The van der Waals surface area contributed by atoms with E-state index in [1.54, 1.807) is 0 Å².